The molecule has 0 nitrogen and oxygen atoms in total. The second kappa shape index (κ2) is 9.67. The minimum Gasteiger partial charge on any atom is -0.138 e. The molecule has 6 aromatic rings. The highest BCUT2D eigenvalue weighted by Crippen LogP contribution is 2.54. The molecule has 0 saturated heterocycles. The molecule has 0 bridgehead atoms. The zero-order valence-electron chi connectivity index (χ0n) is 20.8. The SMILES string of the molecule is C1#CCc2sc3c(-c4ccccc4)c(-c4ccccc4)c(-c4ccccc4)c(-c4ccccc4)c3c2C=C1. The van der Waals surface area contributed by atoms with E-state index in [2.05, 4.69) is 139 Å². The molecule has 1 heteroatoms. The van der Waals surface area contributed by atoms with Crippen LogP contribution in [0.3, 0.4) is 0 Å². The lowest BCUT2D eigenvalue weighted by molar-refractivity contribution is 1.41. The number of allylic oxidation sites excluding steroid dienone is 1. The molecule has 0 radical (unpaired) electrons. The molecule has 0 unspecified atom stereocenters. The zero-order chi connectivity index (χ0) is 25.3. The summed E-state index contributed by atoms with van der Waals surface area (Å²) in [7, 11) is 0. The van der Waals surface area contributed by atoms with Crippen LogP contribution in [0.5, 0.6) is 0 Å². The molecule has 1 aliphatic carbocycles. The Labute approximate surface area is 227 Å². The first-order valence-corrected chi connectivity index (χ1v) is 13.7. The Balaban J connectivity index is 1.78. The van der Waals surface area contributed by atoms with Crippen LogP contribution >= 0.6 is 11.3 Å². The molecule has 0 atom stereocenters. The van der Waals surface area contributed by atoms with Gasteiger partial charge in [-0.3, -0.25) is 0 Å². The molecule has 7 rings (SSSR count). The van der Waals surface area contributed by atoms with Gasteiger partial charge in [-0.05, 0) is 56.7 Å². The molecule has 0 amide bonds. The average Bonchev–Trinajstić information content (AvgIpc) is 3.18. The maximum absolute atomic E-state index is 3.35. The average molecular weight is 501 g/mol. The molecule has 0 saturated carbocycles. The smallest absolute Gasteiger partial charge is 0.0444 e. The van der Waals surface area contributed by atoms with Gasteiger partial charge >= 0.3 is 0 Å². The number of benzene rings is 5. The van der Waals surface area contributed by atoms with Crippen LogP contribution in [0.4, 0.5) is 0 Å². The normalized spacial score (nSPS) is 12.0. The summed E-state index contributed by atoms with van der Waals surface area (Å²) in [6, 6.07) is 43.6. The van der Waals surface area contributed by atoms with Crippen molar-refractivity contribution in [3.63, 3.8) is 0 Å². The van der Waals surface area contributed by atoms with Crippen molar-refractivity contribution in [2.75, 3.05) is 0 Å². The fourth-order valence-electron chi connectivity index (χ4n) is 5.59. The molecule has 0 spiro atoms. The molecule has 1 aliphatic rings. The monoisotopic (exact) mass is 500 g/mol. The maximum atomic E-state index is 3.35. The van der Waals surface area contributed by atoms with Crippen molar-refractivity contribution in [3.8, 4) is 56.3 Å². The Morgan fingerprint density at radius 2 is 0.947 bits per heavy atom. The lowest BCUT2D eigenvalue weighted by Crippen LogP contribution is -1.96. The third-order valence-electron chi connectivity index (χ3n) is 7.18. The van der Waals surface area contributed by atoms with E-state index in [4.69, 9.17) is 0 Å². The second-order valence-corrected chi connectivity index (χ2v) is 10.5. The van der Waals surface area contributed by atoms with E-state index < -0.39 is 0 Å². The maximum Gasteiger partial charge on any atom is 0.0444 e. The van der Waals surface area contributed by atoms with Gasteiger partial charge in [0.1, 0.15) is 0 Å². The van der Waals surface area contributed by atoms with E-state index in [0.717, 1.165) is 6.42 Å². The van der Waals surface area contributed by atoms with Crippen LogP contribution in [0.2, 0.25) is 0 Å². The summed E-state index contributed by atoms with van der Waals surface area (Å²) in [5, 5.41) is 1.32. The lowest BCUT2D eigenvalue weighted by atomic mass is 9.80. The minimum atomic E-state index is 0.769. The second-order valence-electron chi connectivity index (χ2n) is 9.44. The zero-order valence-corrected chi connectivity index (χ0v) is 21.6. The van der Waals surface area contributed by atoms with E-state index in [0.29, 0.717) is 0 Å². The Kier molecular flexibility index (Phi) is 5.74. The first kappa shape index (κ1) is 22.5. The number of hydrogen-bond donors (Lipinski definition) is 0. The van der Waals surface area contributed by atoms with Gasteiger partial charge in [0.15, 0.2) is 0 Å². The Morgan fingerprint density at radius 3 is 1.47 bits per heavy atom. The molecule has 1 heterocycles. The summed E-state index contributed by atoms with van der Waals surface area (Å²) in [6.07, 6.45) is 5.01. The summed E-state index contributed by atoms with van der Waals surface area (Å²) in [4.78, 5) is 1.33. The largest absolute Gasteiger partial charge is 0.138 e. The first-order valence-electron chi connectivity index (χ1n) is 12.9. The molecule has 38 heavy (non-hydrogen) atoms. The third kappa shape index (κ3) is 3.79. The van der Waals surface area contributed by atoms with E-state index in [1.165, 1.54) is 65.0 Å². The summed E-state index contributed by atoms with van der Waals surface area (Å²) in [5.41, 5.74) is 11.3. The fourth-order valence-corrected chi connectivity index (χ4v) is 6.89. The molecule has 178 valence electrons. The predicted molar refractivity (Wildman–Crippen MR) is 164 cm³/mol. The molecular formula is C37H24S. The van der Waals surface area contributed by atoms with Gasteiger partial charge in [-0.25, -0.2) is 0 Å². The van der Waals surface area contributed by atoms with E-state index >= 15 is 0 Å². The van der Waals surface area contributed by atoms with Gasteiger partial charge in [-0.1, -0.05) is 133 Å². The molecule has 0 fully saturated rings. The van der Waals surface area contributed by atoms with E-state index in [9.17, 15) is 0 Å². The molecule has 0 N–H and O–H groups in total. The lowest BCUT2D eigenvalue weighted by Gasteiger charge is -2.23. The Hall–Kier alpha value is -4.64. The van der Waals surface area contributed by atoms with Crippen LogP contribution in [0.25, 0.3) is 60.7 Å². The summed E-state index contributed by atoms with van der Waals surface area (Å²) < 4.78 is 1.33. The standard InChI is InChI=1S/C37H24S/c1-6-16-26(17-7-1)32-33(27-18-8-2-9-19-27)35(29-22-12-4-13-23-29)37-36(34(32)28-20-10-3-11-21-28)30-24-14-5-15-25-31(30)38-37/h1-4,6-14,16-24H,25H2. The first-order chi connectivity index (χ1) is 18.9. The Bertz CT molecular complexity index is 1850. The van der Waals surface area contributed by atoms with Crippen LogP contribution in [0.15, 0.2) is 127 Å². The van der Waals surface area contributed by atoms with Gasteiger partial charge in [0, 0.05) is 26.9 Å². The van der Waals surface area contributed by atoms with E-state index in [-0.39, 0.29) is 0 Å². The van der Waals surface area contributed by atoms with Crippen molar-refractivity contribution < 1.29 is 0 Å². The van der Waals surface area contributed by atoms with Crippen LogP contribution in [0.1, 0.15) is 10.4 Å². The highest BCUT2D eigenvalue weighted by Gasteiger charge is 2.27. The number of thiophene rings is 1. The van der Waals surface area contributed by atoms with Crippen molar-refractivity contribution in [3.05, 3.63) is 138 Å². The van der Waals surface area contributed by atoms with Crippen molar-refractivity contribution in [2.45, 2.75) is 6.42 Å². The Morgan fingerprint density at radius 1 is 0.500 bits per heavy atom. The molecular weight excluding hydrogens is 476 g/mol. The van der Waals surface area contributed by atoms with E-state index in [1.807, 2.05) is 17.4 Å². The van der Waals surface area contributed by atoms with Crippen molar-refractivity contribution in [1.29, 1.82) is 0 Å². The number of hydrogen-bond acceptors (Lipinski definition) is 1. The summed E-state index contributed by atoms with van der Waals surface area (Å²) in [5.74, 6) is 6.56. The van der Waals surface area contributed by atoms with Gasteiger partial charge < -0.3 is 0 Å². The highest BCUT2D eigenvalue weighted by molar-refractivity contribution is 7.20. The quantitative estimate of drug-likeness (QED) is 0.211. The topological polar surface area (TPSA) is 0 Å². The van der Waals surface area contributed by atoms with Crippen molar-refractivity contribution in [1.82, 2.24) is 0 Å². The van der Waals surface area contributed by atoms with Crippen LogP contribution < -0.4 is 0 Å². The minimum absolute atomic E-state index is 0.769. The number of rotatable bonds is 4. The van der Waals surface area contributed by atoms with Gasteiger partial charge in [0.2, 0.25) is 0 Å². The molecule has 0 aliphatic heterocycles. The molecule has 5 aromatic carbocycles. The third-order valence-corrected chi connectivity index (χ3v) is 8.41. The van der Waals surface area contributed by atoms with Crippen LogP contribution in [-0.4, -0.2) is 0 Å². The van der Waals surface area contributed by atoms with Crippen LogP contribution in [0, 0.1) is 11.8 Å². The summed E-state index contributed by atoms with van der Waals surface area (Å²) in [6.45, 7) is 0. The van der Waals surface area contributed by atoms with Gasteiger partial charge in [-0.15, -0.1) is 11.3 Å². The molecule has 1 aromatic heterocycles. The van der Waals surface area contributed by atoms with Gasteiger partial charge in [0.25, 0.3) is 0 Å². The fraction of sp³-hybridized carbons (Fsp3) is 0.0270. The van der Waals surface area contributed by atoms with E-state index in [1.54, 1.807) is 0 Å². The van der Waals surface area contributed by atoms with Crippen molar-refractivity contribution in [2.24, 2.45) is 0 Å². The van der Waals surface area contributed by atoms with Crippen molar-refractivity contribution >= 4 is 27.5 Å². The van der Waals surface area contributed by atoms with Gasteiger partial charge in [0.05, 0.1) is 0 Å². The summed E-state index contributed by atoms with van der Waals surface area (Å²) >= 11 is 1.90. The van der Waals surface area contributed by atoms with Crippen LogP contribution in [-0.2, 0) is 6.42 Å². The van der Waals surface area contributed by atoms with Gasteiger partial charge in [-0.2, -0.15) is 0 Å². The highest BCUT2D eigenvalue weighted by atomic mass is 32.1. The number of fused-ring (bicyclic) bond motifs is 3. The predicted octanol–water partition coefficient (Wildman–Crippen LogP) is 10.1.